The van der Waals surface area contributed by atoms with Crippen molar-refractivity contribution in [3.8, 4) is 33.4 Å². The summed E-state index contributed by atoms with van der Waals surface area (Å²) in [6.45, 7) is 4.00. The van der Waals surface area contributed by atoms with Gasteiger partial charge in [0.15, 0.2) is 0 Å². The minimum absolute atomic E-state index is 1.00. The number of benzene rings is 11. The monoisotopic (exact) mass is 1190 g/mol. The Bertz CT molecular complexity index is 3330. The lowest BCUT2D eigenvalue weighted by molar-refractivity contribution is 1.31. The molecule has 0 aromatic heterocycles. The van der Waals surface area contributed by atoms with Crippen LogP contribution in [0, 0.1) is 0 Å². The number of rotatable bonds is 13. The zero-order valence-electron chi connectivity index (χ0n) is 46.1. The fraction of sp³-hybridized carbons (Fsp3) is 0.0833. The molecule has 0 radical (unpaired) electrons. The van der Waals surface area contributed by atoms with E-state index in [9.17, 15) is 0 Å². The largest absolute Gasteiger partial charge is 0.143 e. The normalized spacial score (nSPS) is 10.0. The number of hydrogen-bond acceptors (Lipinski definition) is 8. The molecule has 404 valence electrons. The molecule has 0 atom stereocenters. The van der Waals surface area contributed by atoms with Gasteiger partial charge in [-0.3, -0.25) is 0 Å². The van der Waals surface area contributed by atoms with Crippen LogP contribution in [0.5, 0.6) is 0 Å². The summed E-state index contributed by atoms with van der Waals surface area (Å²) in [5.41, 5.74) is 7.61. The molecule has 0 amide bonds. The average Bonchev–Trinajstić information content (AvgIpc) is 3.55. The van der Waals surface area contributed by atoms with Crippen LogP contribution in [0.25, 0.3) is 33.4 Å². The maximum Gasteiger partial charge on any atom is 0.0123 e. The molecule has 0 aliphatic rings. The van der Waals surface area contributed by atoms with Crippen molar-refractivity contribution >= 4 is 95.0 Å². The molecular formula is C72H68S8. The highest BCUT2D eigenvalue weighted by atomic mass is 32.2. The molecule has 0 nitrogen and oxygen atoms in total. The van der Waals surface area contributed by atoms with Gasteiger partial charge in [0.1, 0.15) is 0 Å². The van der Waals surface area contributed by atoms with E-state index in [4.69, 9.17) is 0 Å². The first-order valence-corrected chi connectivity index (χ1v) is 33.9. The topological polar surface area (TPSA) is 0 Å². The van der Waals surface area contributed by atoms with Crippen LogP contribution in [0.1, 0.15) is 13.8 Å². The number of thiol groups is 1. The molecule has 0 N–H and O–H groups in total. The Hall–Kier alpha value is -5.78. The molecular weight excluding hydrogens is 1120 g/mol. The Balaban J connectivity index is 0.000000165. The van der Waals surface area contributed by atoms with Gasteiger partial charge >= 0.3 is 0 Å². The lowest BCUT2D eigenvalue weighted by atomic mass is 10.0. The molecule has 0 saturated heterocycles. The summed E-state index contributed by atoms with van der Waals surface area (Å²) in [5.74, 6) is 0. The third-order valence-electron chi connectivity index (χ3n) is 11.5. The Morgan fingerprint density at radius 2 is 0.350 bits per heavy atom. The Kier molecular flexibility index (Phi) is 29.5. The molecule has 0 spiro atoms. The van der Waals surface area contributed by atoms with Crippen molar-refractivity contribution in [3.63, 3.8) is 0 Å². The second-order valence-electron chi connectivity index (χ2n) is 16.9. The lowest BCUT2D eigenvalue weighted by Gasteiger charge is -2.05. The van der Waals surface area contributed by atoms with Gasteiger partial charge < -0.3 is 0 Å². The Morgan fingerprint density at radius 1 is 0.188 bits per heavy atom. The summed E-state index contributed by atoms with van der Waals surface area (Å²) in [4.78, 5) is 13.8. The van der Waals surface area contributed by atoms with Crippen molar-refractivity contribution < 1.29 is 0 Å². The molecule has 0 fully saturated rings. The highest BCUT2D eigenvalue weighted by Crippen LogP contribution is 2.34. The van der Waals surface area contributed by atoms with Crippen LogP contribution in [0.2, 0.25) is 0 Å². The fourth-order valence-electron chi connectivity index (χ4n) is 7.36. The molecule has 0 saturated carbocycles. The maximum absolute atomic E-state index is 4.25. The van der Waals surface area contributed by atoms with E-state index in [1.807, 2.05) is 68.4 Å². The predicted molar refractivity (Wildman–Crippen MR) is 366 cm³/mol. The fourth-order valence-corrected chi connectivity index (χ4v) is 11.7. The smallest absolute Gasteiger partial charge is 0.0123 e. The molecule has 11 rings (SSSR count). The molecule has 11 aromatic rings. The number of hydrogen-bond donors (Lipinski definition) is 1. The van der Waals surface area contributed by atoms with Crippen LogP contribution in [0.15, 0.2) is 351 Å². The third-order valence-corrected chi connectivity index (χ3v) is 17.8. The van der Waals surface area contributed by atoms with Gasteiger partial charge in [-0.05, 0) is 192 Å². The van der Waals surface area contributed by atoms with Crippen LogP contribution in [0.4, 0.5) is 0 Å². The first kappa shape index (κ1) is 63.4. The van der Waals surface area contributed by atoms with E-state index in [1.165, 1.54) is 82.3 Å². The molecule has 80 heavy (non-hydrogen) atoms. The van der Waals surface area contributed by atoms with Crippen molar-refractivity contribution in [2.75, 3.05) is 25.0 Å². The van der Waals surface area contributed by atoms with Gasteiger partial charge in [-0.1, -0.05) is 213 Å². The van der Waals surface area contributed by atoms with Gasteiger partial charge in [-0.15, -0.1) is 59.7 Å². The summed E-state index contributed by atoms with van der Waals surface area (Å²) in [6.07, 6.45) is 8.38. The van der Waals surface area contributed by atoms with Crippen LogP contribution in [0.3, 0.4) is 0 Å². The second kappa shape index (κ2) is 37.3. The van der Waals surface area contributed by atoms with Crippen molar-refractivity contribution in [1.29, 1.82) is 0 Å². The molecule has 0 aliphatic carbocycles. The van der Waals surface area contributed by atoms with Crippen LogP contribution < -0.4 is 0 Å². The molecule has 0 aliphatic heterocycles. The van der Waals surface area contributed by atoms with Gasteiger partial charge in [-0.25, -0.2) is 0 Å². The summed E-state index contributed by atoms with van der Waals surface area (Å²) in [7, 11) is 0. The Morgan fingerprint density at radius 3 is 0.600 bits per heavy atom. The maximum atomic E-state index is 4.25. The van der Waals surface area contributed by atoms with Gasteiger partial charge in [0, 0.05) is 53.9 Å². The lowest BCUT2D eigenvalue weighted by Crippen LogP contribution is -1.80. The Labute approximate surface area is 513 Å². The van der Waals surface area contributed by atoms with Crippen molar-refractivity contribution in [3.05, 3.63) is 297 Å². The van der Waals surface area contributed by atoms with Crippen LogP contribution in [-0.2, 0) is 0 Å². The minimum Gasteiger partial charge on any atom is -0.143 e. The van der Waals surface area contributed by atoms with E-state index in [2.05, 4.69) is 280 Å². The van der Waals surface area contributed by atoms with E-state index < -0.39 is 0 Å². The molecule has 8 heteroatoms. The molecule has 0 heterocycles. The van der Waals surface area contributed by atoms with Crippen molar-refractivity contribution in [1.82, 2.24) is 0 Å². The standard InChI is InChI=1S/C19H16S3.C19H16S.C13H12S.C12H10S2.C7H8S.C2H6/c1-20-15-7-9-17(10-8-15)22-19-13-11-18(12-14-19)21-16-5-3-2-4-6-16;1-20-19-13-11-18(12-14-19)17-9-7-16(8-10-17)15-5-3-2-4-6-15;1-14-13-9-7-12(8-10-13)11-5-3-2-4-6-11;13-10-6-8-12(9-7-10)14-11-4-2-1-3-5-11;1-8-7-5-3-2-4-6-7;1-2/h2-14H,1H3;2-14H,1H3;2-10H,1H3;1-9,13H;2-6H,1H3;1-2H3. The van der Waals surface area contributed by atoms with E-state index in [1.54, 1.807) is 82.3 Å². The quantitative estimate of drug-likeness (QED) is 0.0891. The van der Waals surface area contributed by atoms with Gasteiger partial charge in [0.05, 0.1) is 0 Å². The van der Waals surface area contributed by atoms with Crippen LogP contribution >= 0.6 is 95.0 Å². The highest BCUT2D eigenvalue weighted by molar-refractivity contribution is 8.00. The summed E-state index contributed by atoms with van der Waals surface area (Å²) >= 11 is 16.7. The first-order chi connectivity index (χ1) is 39.4. The van der Waals surface area contributed by atoms with Crippen molar-refractivity contribution in [2.24, 2.45) is 0 Å². The van der Waals surface area contributed by atoms with E-state index in [0.717, 1.165) is 4.90 Å². The zero-order valence-corrected chi connectivity index (χ0v) is 52.7. The summed E-state index contributed by atoms with van der Waals surface area (Å²) in [5, 5.41) is 0. The van der Waals surface area contributed by atoms with Gasteiger partial charge in [0.25, 0.3) is 0 Å². The molecule has 0 unspecified atom stereocenters. The molecule has 11 aromatic carbocycles. The zero-order chi connectivity index (χ0) is 56.4. The van der Waals surface area contributed by atoms with E-state index in [-0.39, 0.29) is 0 Å². The van der Waals surface area contributed by atoms with Gasteiger partial charge in [-0.2, -0.15) is 0 Å². The average molecular weight is 1190 g/mol. The summed E-state index contributed by atoms with van der Waals surface area (Å²) in [6, 6.07) is 104. The minimum atomic E-state index is 1.00. The van der Waals surface area contributed by atoms with E-state index >= 15 is 0 Å². The van der Waals surface area contributed by atoms with E-state index in [0.29, 0.717) is 0 Å². The van der Waals surface area contributed by atoms with Gasteiger partial charge in [0.2, 0.25) is 0 Å². The highest BCUT2D eigenvalue weighted by Gasteiger charge is 2.03. The summed E-state index contributed by atoms with van der Waals surface area (Å²) < 4.78 is 0. The first-order valence-electron chi connectivity index (χ1n) is 26.1. The van der Waals surface area contributed by atoms with Crippen LogP contribution in [-0.4, -0.2) is 25.0 Å². The second-order valence-corrected chi connectivity index (χ2v) is 24.3. The van der Waals surface area contributed by atoms with Crippen molar-refractivity contribution in [2.45, 2.75) is 67.7 Å². The number of thioether (sulfide) groups is 4. The molecule has 0 bridgehead atoms. The third kappa shape index (κ3) is 23.0. The SMILES string of the molecule is CC.CSc1ccc(-c2ccc(-c3ccccc3)cc2)cc1.CSc1ccc(-c2ccccc2)cc1.CSc1ccc(Sc2ccc(Sc3ccccc3)cc2)cc1.CSc1ccccc1.Sc1ccc(Sc2ccccc2)cc1. The predicted octanol–water partition coefficient (Wildman–Crippen LogP) is 24.1.